The van der Waals surface area contributed by atoms with Gasteiger partial charge in [0, 0.05) is 12.5 Å². The highest BCUT2D eigenvalue weighted by Gasteiger charge is 2.35. The number of carboxylic acids is 1. The summed E-state index contributed by atoms with van der Waals surface area (Å²) in [6, 6.07) is 0. The van der Waals surface area contributed by atoms with Crippen LogP contribution in [0.3, 0.4) is 0 Å². The first kappa shape index (κ1) is 10.8. The zero-order valence-electron chi connectivity index (χ0n) is 9.52. The van der Waals surface area contributed by atoms with E-state index in [0.717, 1.165) is 32.3 Å². The predicted molar refractivity (Wildman–Crippen MR) is 58.2 cm³/mol. The van der Waals surface area contributed by atoms with Gasteiger partial charge in [-0.2, -0.15) is 0 Å². The van der Waals surface area contributed by atoms with E-state index >= 15 is 0 Å². The molecule has 1 aliphatic carbocycles. The Balaban J connectivity index is 1.89. The van der Waals surface area contributed by atoms with E-state index in [0.29, 0.717) is 24.1 Å². The number of oxazole rings is 1. The molecule has 0 aromatic carbocycles. The van der Waals surface area contributed by atoms with Gasteiger partial charge in [-0.05, 0) is 25.7 Å². The molecular weight excluding hydrogens is 222 g/mol. The normalized spacial score (nSPS) is 24.8. The highest BCUT2D eigenvalue weighted by molar-refractivity contribution is 5.86. The highest BCUT2D eigenvalue weighted by atomic mass is 16.5. The van der Waals surface area contributed by atoms with Crippen molar-refractivity contribution in [2.24, 2.45) is 0 Å². The quantitative estimate of drug-likeness (QED) is 0.871. The molecule has 17 heavy (non-hydrogen) atoms. The third-order valence-electron chi connectivity index (χ3n) is 3.34. The van der Waals surface area contributed by atoms with E-state index in [9.17, 15) is 4.79 Å². The second-order valence-electron chi connectivity index (χ2n) is 4.76. The lowest BCUT2D eigenvalue weighted by Gasteiger charge is -2.18. The third-order valence-corrected chi connectivity index (χ3v) is 3.34. The van der Waals surface area contributed by atoms with Crippen LogP contribution in [0.2, 0.25) is 0 Å². The fourth-order valence-electron chi connectivity index (χ4n) is 2.25. The maximum absolute atomic E-state index is 11.1. The van der Waals surface area contributed by atoms with Gasteiger partial charge >= 0.3 is 5.97 Å². The predicted octanol–water partition coefficient (Wildman–Crippen LogP) is 2.14. The Morgan fingerprint density at radius 1 is 1.29 bits per heavy atom. The van der Waals surface area contributed by atoms with Crippen molar-refractivity contribution in [3.8, 4) is 0 Å². The van der Waals surface area contributed by atoms with Gasteiger partial charge in [0.25, 0.3) is 0 Å². The lowest BCUT2D eigenvalue weighted by atomic mass is 10.0. The molecule has 1 saturated carbocycles. The van der Waals surface area contributed by atoms with Gasteiger partial charge in [-0.1, -0.05) is 0 Å². The van der Waals surface area contributed by atoms with Gasteiger partial charge < -0.3 is 14.3 Å². The summed E-state index contributed by atoms with van der Waals surface area (Å²) >= 11 is 0. The van der Waals surface area contributed by atoms with Crippen LogP contribution in [0.5, 0.6) is 0 Å². The molecule has 0 spiro atoms. The molecule has 1 N–H and O–H groups in total. The van der Waals surface area contributed by atoms with Gasteiger partial charge in [-0.3, -0.25) is 0 Å². The zero-order valence-corrected chi connectivity index (χ0v) is 9.52. The average molecular weight is 237 g/mol. The molecule has 0 radical (unpaired) electrons. The number of aromatic carboxylic acids is 1. The Labute approximate surface area is 98.8 Å². The van der Waals surface area contributed by atoms with Crippen molar-refractivity contribution in [3.05, 3.63) is 17.3 Å². The van der Waals surface area contributed by atoms with Crippen molar-refractivity contribution in [1.82, 2.24) is 4.98 Å². The van der Waals surface area contributed by atoms with Crippen LogP contribution in [0.4, 0.5) is 0 Å². The van der Waals surface area contributed by atoms with Crippen molar-refractivity contribution < 1.29 is 19.1 Å². The Bertz CT molecular complexity index is 430. The first-order chi connectivity index (χ1) is 8.25. The molecule has 5 nitrogen and oxygen atoms in total. The monoisotopic (exact) mass is 237 g/mol. The van der Waals surface area contributed by atoms with Crippen LogP contribution in [0.15, 0.2) is 4.42 Å². The van der Waals surface area contributed by atoms with E-state index in [-0.39, 0.29) is 11.7 Å². The molecule has 1 aromatic heterocycles. The van der Waals surface area contributed by atoms with Crippen molar-refractivity contribution in [2.45, 2.75) is 37.5 Å². The fraction of sp³-hybridized carbons (Fsp3) is 0.667. The minimum Gasteiger partial charge on any atom is -0.475 e. The van der Waals surface area contributed by atoms with Crippen LogP contribution in [-0.2, 0) is 4.74 Å². The van der Waals surface area contributed by atoms with Gasteiger partial charge in [0.05, 0.1) is 18.2 Å². The molecule has 1 aliphatic heterocycles. The van der Waals surface area contributed by atoms with Crippen LogP contribution in [-0.4, -0.2) is 29.3 Å². The average Bonchev–Trinajstić information content (AvgIpc) is 3.09. The van der Waals surface area contributed by atoms with E-state index in [4.69, 9.17) is 14.3 Å². The van der Waals surface area contributed by atoms with E-state index in [1.807, 2.05) is 0 Å². The lowest BCUT2D eigenvalue weighted by molar-refractivity contribution is 0.0625. The first-order valence-corrected chi connectivity index (χ1v) is 6.07. The van der Waals surface area contributed by atoms with Crippen LogP contribution < -0.4 is 0 Å². The third kappa shape index (κ3) is 2.07. The topological polar surface area (TPSA) is 72.6 Å². The SMILES string of the molecule is O=C(O)c1oc(C2CCCOC2)nc1C1CC1. The van der Waals surface area contributed by atoms with Gasteiger partial charge in [0.2, 0.25) is 11.7 Å². The van der Waals surface area contributed by atoms with E-state index in [2.05, 4.69) is 4.98 Å². The van der Waals surface area contributed by atoms with Crippen LogP contribution in [0.1, 0.15) is 59.7 Å². The van der Waals surface area contributed by atoms with Crippen molar-refractivity contribution >= 4 is 5.97 Å². The Kier molecular flexibility index (Phi) is 2.63. The van der Waals surface area contributed by atoms with Gasteiger partial charge in [0.15, 0.2) is 0 Å². The van der Waals surface area contributed by atoms with Crippen LogP contribution >= 0.6 is 0 Å². The molecule has 2 fully saturated rings. The minimum atomic E-state index is -1.01. The smallest absolute Gasteiger partial charge is 0.373 e. The summed E-state index contributed by atoms with van der Waals surface area (Å²) in [7, 11) is 0. The maximum Gasteiger partial charge on any atom is 0.373 e. The largest absolute Gasteiger partial charge is 0.475 e. The number of aromatic nitrogens is 1. The Hall–Kier alpha value is -1.36. The van der Waals surface area contributed by atoms with Crippen molar-refractivity contribution in [3.63, 3.8) is 0 Å². The summed E-state index contributed by atoms with van der Waals surface area (Å²) < 4.78 is 10.8. The molecule has 1 aromatic rings. The molecule has 5 heteroatoms. The fourth-order valence-corrected chi connectivity index (χ4v) is 2.25. The molecule has 2 heterocycles. The molecule has 2 aliphatic rings. The summed E-state index contributed by atoms with van der Waals surface area (Å²) in [5.41, 5.74) is 0.637. The summed E-state index contributed by atoms with van der Waals surface area (Å²) in [6.45, 7) is 1.36. The Morgan fingerprint density at radius 3 is 2.71 bits per heavy atom. The van der Waals surface area contributed by atoms with E-state index in [1.165, 1.54) is 0 Å². The van der Waals surface area contributed by atoms with E-state index < -0.39 is 5.97 Å². The van der Waals surface area contributed by atoms with Gasteiger partial charge in [0.1, 0.15) is 0 Å². The zero-order chi connectivity index (χ0) is 11.8. The minimum absolute atomic E-state index is 0.0353. The van der Waals surface area contributed by atoms with E-state index in [1.54, 1.807) is 0 Å². The number of nitrogens with zero attached hydrogens (tertiary/aromatic N) is 1. The first-order valence-electron chi connectivity index (χ1n) is 6.07. The number of hydrogen-bond acceptors (Lipinski definition) is 4. The molecule has 0 amide bonds. The second kappa shape index (κ2) is 4.14. The molecule has 92 valence electrons. The summed E-state index contributed by atoms with van der Waals surface area (Å²) in [5.74, 6) is -0.0167. The maximum atomic E-state index is 11.1. The van der Waals surface area contributed by atoms with Crippen molar-refractivity contribution in [1.29, 1.82) is 0 Å². The molecule has 1 unspecified atom stereocenters. The molecule has 0 bridgehead atoms. The standard InChI is InChI=1S/C12H15NO4/c14-12(15)10-9(7-3-4-7)13-11(17-10)8-2-1-5-16-6-8/h7-8H,1-6H2,(H,14,15). The number of hydrogen-bond donors (Lipinski definition) is 1. The molecule has 3 rings (SSSR count). The lowest BCUT2D eigenvalue weighted by Crippen LogP contribution is -2.15. The van der Waals surface area contributed by atoms with Crippen LogP contribution in [0.25, 0.3) is 0 Å². The molecule has 1 atom stereocenters. The summed E-state index contributed by atoms with van der Waals surface area (Å²) in [4.78, 5) is 15.5. The summed E-state index contributed by atoms with van der Waals surface area (Å²) in [5, 5.41) is 9.09. The Morgan fingerprint density at radius 2 is 2.12 bits per heavy atom. The second-order valence-corrected chi connectivity index (χ2v) is 4.76. The highest BCUT2D eigenvalue weighted by Crippen LogP contribution is 2.42. The number of carboxylic acid groups (broad SMARTS) is 1. The number of rotatable bonds is 3. The van der Waals surface area contributed by atoms with Crippen LogP contribution in [0, 0.1) is 0 Å². The number of ether oxygens (including phenoxy) is 1. The molecule has 1 saturated heterocycles. The number of carbonyl (C=O) groups is 1. The van der Waals surface area contributed by atoms with Gasteiger partial charge in [-0.15, -0.1) is 0 Å². The molecular formula is C12H15NO4. The van der Waals surface area contributed by atoms with Crippen molar-refractivity contribution in [2.75, 3.05) is 13.2 Å². The van der Waals surface area contributed by atoms with Gasteiger partial charge in [-0.25, -0.2) is 9.78 Å². The summed E-state index contributed by atoms with van der Waals surface area (Å²) in [6.07, 6.45) is 3.98.